The van der Waals surface area contributed by atoms with Crippen molar-refractivity contribution in [2.45, 2.75) is 56.6 Å². The van der Waals surface area contributed by atoms with Crippen LogP contribution in [0.3, 0.4) is 0 Å². The molecule has 0 saturated carbocycles. The number of para-hydroxylation sites is 1. The van der Waals surface area contributed by atoms with E-state index in [2.05, 4.69) is 15.6 Å². The minimum Gasteiger partial charge on any atom is -0.478 e. The quantitative estimate of drug-likeness (QED) is 0.323. The van der Waals surface area contributed by atoms with E-state index in [4.69, 9.17) is 35.5 Å². The minimum atomic E-state index is -1.05. The van der Waals surface area contributed by atoms with E-state index < -0.39 is 11.8 Å². The molecule has 4 aromatic rings. The molecule has 2 aromatic carbocycles. The summed E-state index contributed by atoms with van der Waals surface area (Å²) in [5.74, 6) is 0.379. The van der Waals surface area contributed by atoms with Crippen molar-refractivity contribution < 1.29 is 28.8 Å². The number of aromatic carboxylic acids is 1. The molecular formula is C30H28ClN3O6. The lowest BCUT2D eigenvalue weighted by molar-refractivity contribution is -0.0721. The van der Waals surface area contributed by atoms with E-state index in [0.717, 1.165) is 41.9 Å². The van der Waals surface area contributed by atoms with Gasteiger partial charge in [-0.05, 0) is 49.2 Å². The Morgan fingerprint density at radius 3 is 2.77 bits per heavy atom. The van der Waals surface area contributed by atoms with E-state index in [1.807, 2.05) is 25.1 Å². The molecule has 2 saturated heterocycles. The summed E-state index contributed by atoms with van der Waals surface area (Å²) in [6.45, 7) is 3.79. The van der Waals surface area contributed by atoms with Gasteiger partial charge in [0.1, 0.15) is 11.5 Å². The van der Waals surface area contributed by atoms with Gasteiger partial charge in [0.05, 0.1) is 47.0 Å². The molecule has 3 unspecified atom stereocenters. The van der Waals surface area contributed by atoms with E-state index in [-0.39, 0.29) is 23.7 Å². The molecule has 3 aliphatic rings. The molecule has 10 heteroatoms. The van der Waals surface area contributed by atoms with Crippen LogP contribution in [0.4, 0.5) is 0 Å². The fourth-order valence-corrected chi connectivity index (χ4v) is 5.90. The maximum absolute atomic E-state index is 11.6. The Morgan fingerprint density at radius 2 is 2.02 bits per heavy atom. The standard InChI is InChI=1S/C30H28ClN3O6/c1-30(26-8-6-19(31)14-32-26)39-25-4-2-3-22(28(25)40-30)18-11-21(38-16-18)13-27-33-23-7-5-17(29(35)36)12-24(23)34(27)15-20-9-10-37-20/h2-8,12,14,18,20-21H,9-11,13,15-16H2,1H3,(H,35,36)/t18?,20-,21?,30?/m0/s1. The van der Waals surface area contributed by atoms with Crippen LogP contribution in [0.1, 0.15) is 53.1 Å². The van der Waals surface area contributed by atoms with Crippen molar-refractivity contribution in [1.82, 2.24) is 14.5 Å². The maximum atomic E-state index is 11.6. The van der Waals surface area contributed by atoms with Gasteiger partial charge in [-0.15, -0.1) is 0 Å². The maximum Gasteiger partial charge on any atom is 0.335 e. The molecule has 0 spiro atoms. The first kappa shape index (κ1) is 25.3. The number of rotatable bonds is 7. The van der Waals surface area contributed by atoms with Gasteiger partial charge in [0.15, 0.2) is 11.5 Å². The van der Waals surface area contributed by atoms with E-state index in [0.29, 0.717) is 41.8 Å². The van der Waals surface area contributed by atoms with Gasteiger partial charge in [0.2, 0.25) is 0 Å². The minimum absolute atomic E-state index is 0.0516. The molecule has 0 bridgehead atoms. The Morgan fingerprint density at radius 1 is 1.15 bits per heavy atom. The van der Waals surface area contributed by atoms with Gasteiger partial charge in [-0.1, -0.05) is 23.7 Å². The van der Waals surface area contributed by atoms with Crippen LogP contribution in [0.15, 0.2) is 54.7 Å². The number of halogens is 1. The zero-order valence-electron chi connectivity index (χ0n) is 21.9. The third-order valence-corrected chi connectivity index (χ3v) is 8.21. The van der Waals surface area contributed by atoms with Crippen molar-refractivity contribution in [2.75, 3.05) is 13.2 Å². The largest absolute Gasteiger partial charge is 0.478 e. The number of carboxylic acid groups (broad SMARTS) is 1. The van der Waals surface area contributed by atoms with Crippen LogP contribution >= 0.6 is 11.6 Å². The first-order valence-corrected chi connectivity index (χ1v) is 13.8. The van der Waals surface area contributed by atoms with Gasteiger partial charge in [0, 0.05) is 37.6 Å². The fourth-order valence-electron chi connectivity index (χ4n) is 5.78. The summed E-state index contributed by atoms with van der Waals surface area (Å²) in [4.78, 5) is 20.9. The predicted octanol–water partition coefficient (Wildman–Crippen LogP) is 5.33. The Hall–Kier alpha value is -3.66. The lowest BCUT2D eigenvalue weighted by atomic mass is 9.94. The Labute approximate surface area is 235 Å². The molecule has 0 amide bonds. The van der Waals surface area contributed by atoms with Gasteiger partial charge < -0.3 is 28.6 Å². The lowest BCUT2D eigenvalue weighted by Crippen LogP contribution is -2.32. The van der Waals surface area contributed by atoms with E-state index in [9.17, 15) is 9.90 Å². The fraction of sp³-hybridized carbons (Fsp3) is 0.367. The Kier molecular flexibility index (Phi) is 6.18. The number of nitrogens with zero attached hydrogens (tertiary/aromatic N) is 3. The highest BCUT2D eigenvalue weighted by molar-refractivity contribution is 6.30. The highest BCUT2D eigenvalue weighted by Gasteiger charge is 2.43. The predicted molar refractivity (Wildman–Crippen MR) is 146 cm³/mol. The zero-order valence-corrected chi connectivity index (χ0v) is 22.6. The lowest BCUT2D eigenvalue weighted by Gasteiger charge is -2.27. The number of hydrogen-bond donors (Lipinski definition) is 1. The average molecular weight is 562 g/mol. The van der Waals surface area contributed by atoms with Gasteiger partial charge in [-0.3, -0.25) is 4.98 Å². The van der Waals surface area contributed by atoms with Gasteiger partial charge in [-0.25, -0.2) is 9.78 Å². The molecule has 4 atom stereocenters. The average Bonchev–Trinajstić information content (AvgIpc) is 3.61. The second kappa shape index (κ2) is 9.76. The third kappa shape index (κ3) is 4.48. The molecule has 0 radical (unpaired) electrons. The molecule has 2 fully saturated rings. The van der Waals surface area contributed by atoms with Crippen molar-refractivity contribution in [1.29, 1.82) is 0 Å². The van der Waals surface area contributed by atoms with E-state index in [1.165, 1.54) is 0 Å². The van der Waals surface area contributed by atoms with E-state index >= 15 is 0 Å². The second-order valence-electron chi connectivity index (χ2n) is 10.7. The van der Waals surface area contributed by atoms with Crippen molar-refractivity contribution in [2.24, 2.45) is 0 Å². The van der Waals surface area contributed by atoms with Crippen LogP contribution in [-0.4, -0.2) is 51.0 Å². The summed E-state index contributed by atoms with van der Waals surface area (Å²) in [5.41, 5.74) is 3.50. The smallest absolute Gasteiger partial charge is 0.335 e. The summed E-state index contributed by atoms with van der Waals surface area (Å²) in [6.07, 6.45) is 4.02. The van der Waals surface area contributed by atoms with Crippen LogP contribution in [-0.2, 0) is 28.2 Å². The van der Waals surface area contributed by atoms with Crippen LogP contribution in [0.5, 0.6) is 11.5 Å². The first-order chi connectivity index (χ1) is 19.4. The molecule has 206 valence electrons. The number of carboxylic acids is 1. The molecule has 7 rings (SSSR count). The number of carbonyl (C=O) groups is 1. The summed E-state index contributed by atoms with van der Waals surface area (Å²) < 4.78 is 26.7. The topological polar surface area (TPSA) is 105 Å². The third-order valence-electron chi connectivity index (χ3n) is 7.99. The van der Waals surface area contributed by atoms with Crippen LogP contribution in [0.2, 0.25) is 5.02 Å². The number of pyridine rings is 1. The number of ether oxygens (including phenoxy) is 4. The Balaban J connectivity index is 1.12. The van der Waals surface area contributed by atoms with Gasteiger partial charge in [-0.2, -0.15) is 0 Å². The molecule has 1 N–H and O–H groups in total. The zero-order chi connectivity index (χ0) is 27.4. The van der Waals surface area contributed by atoms with Crippen molar-refractivity contribution in [3.63, 3.8) is 0 Å². The molecule has 9 nitrogen and oxygen atoms in total. The van der Waals surface area contributed by atoms with Crippen molar-refractivity contribution in [3.8, 4) is 11.5 Å². The summed E-state index contributed by atoms with van der Waals surface area (Å²) in [5, 5.41) is 10.1. The molecule has 0 aliphatic carbocycles. The number of imidazole rings is 1. The number of aromatic nitrogens is 3. The highest BCUT2D eigenvalue weighted by Crippen LogP contribution is 2.49. The van der Waals surface area contributed by atoms with Gasteiger partial charge >= 0.3 is 5.97 Å². The monoisotopic (exact) mass is 561 g/mol. The van der Waals surface area contributed by atoms with Crippen molar-refractivity contribution in [3.05, 3.63) is 82.4 Å². The second-order valence-corrected chi connectivity index (χ2v) is 11.1. The summed E-state index contributed by atoms with van der Waals surface area (Å²) in [7, 11) is 0. The van der Waals surface area contributed by atoms with Gasteiger partial charge in [0.25, 0.3) is 5.79 Å². The van der Waals surface area contributed by atoms with Crippen molar-refractivity contribution >= 4 is 28.6 Å². The molecular weight excluding hydrogens is 534 g/mol. The summed E-state index contributed by atoms with van der Waals surface area (Å²) in [6, 6.07) is 14.6. The van der Waals surface area contributed by atoms with E-state index in [1.54, 1.807) is 30.5 Å². The molecule has 5 heterocycles. The first-order valence-electron chi connectivity index (χ1n) is 13.4. The normalized spacial score (nSPS) is 25.3. The molecule has 40 heavy (non-hydrogen) atoms. The van der Waals surface area contributed by atoms with Crippen LogP contribution in [0, 0.1) is 0 Å². The van der Waals surface area contributed by atoms with Crippen LogP contribution in [0.25, 0.3) is 11.0 Å². The summed E-state index contributed by atoms with van der Waals surface area (Å²) >= 11 is 6.03. The number of fused-ring (bicyclic) bond motifs is 2. The van der Waals surface area contributed by atoms with Crippen LogP contribution < -0.4 is 9.47 Å². The number of benzene rings is 2. The Bertz CT molecular complexity index is 1600. The number of hydrogen-bond acceptors (Lipinski definition) is 7. The highest BCUT2D eigenvalue weighted by atomic mass is 35.5. The SMILES string of the molecule is CC1(c2ccc(Cl)cn2)Oc2cccc(C3COC(Cc4nc5ccc(C(=O)O)cc5n4C[C@@H]4CCO4)C3)c2O1. The molecule has 2 aromatic heterocycles. The molecule has 3 aliphatic heterocycles.